The third-order valence-electron chi connectivity index (χ3n) is 2.57. The maximum atomic E-state index is 11.2. The van der Waals surface area contributed by atoms with Crippen molar-refractivity contribution in [2.45, 2.75) is 53.9 Å². The maximum absolute atomic E-state index is 11.2. The van der Waals surface area contributed by atoms with Crippen LogP contribution in [0.5, 0.6) is 0 Å². The van der Waals surface area contributed by atoms with E-state index in [2.05, 4.69) is 32.6 Å². The molecule has 0 saturated heterocycles. The standard InChI is InChI=1S/C14H29NO/c1-6-14(16)8-7-9-15(10-12(2)3)11-13(4)5/h12-13H,6-11H2,1-5H3. The molecule has 0 aliphatic rings. The summed E-state index contributed by atoms with van der Waals surface area (Å²) in [5, 5.41) is 0. The zero-order chi connectivity index (χ0) is 12.6. The highest BCUT2D eigenvalue weighted by molar-refractivity contribution is 5.77. The summed E-state index contributed by atoms with van der Waals surface area (Å²) in [6, 6.07) is 0. The van der Waals surface area contributed by atoms with E-state index in [0.717, 1.165) is 32.5 Å². The third kappa shape index (κ3) is 8.90. The molecule has 0 heterocycles. The van der Waals surface area contributed by atoms with Gasteiger partial charge in [-0.15, -0.1) is 0 Å². The first kappa shape index (κ1) is 15.6. The van der Waals surface area contributed by atoms with Crippen LogP contribution in [0.4, 0.5) is 0 Å². The number of carbonyl (C=O) groups excluding carboxylic acids is 1. The lowest BCUT2D eigenvalue weighted by Crippen LogP contribution is -2.32. The number of hydrogen-bond acceptors (Lipinski definition) is 2. The number of Topliss-reactive ketones (excluding diaryl/α,β-unsaturated/α-hetero) is 1. The van der Waals surface area contributed by atoms with E-state index < -0.39 is 0 Å². The van der Waals surface area contributed by atoms with Crippen LogP contribution in [0.3, 0.4) is 0 Å². The van der Waals surface area contributed by atoms with E-state index in [0.29, 0.717) is 24.0 Å². The van der Waals surface area contributed by atoms with E-state index in [-0.39, 0.29) is 0 Å². The maximum Gasteiger partial charge on any atom is 0.132 e. The van der Waals surface area contributed by atoms with Gasteiger partial charge in [0.2, 0.25) is 0 Å². The van der Waals surface area contributed by atoms with Gasteiger partial charge in [-0.2, -0.15) is 0 Å². The second-order valence-electron chi connectivity index (χ2n) is 5.54. The lowest BCUT2D eigenvalue weighted by molar-refractivity contribution is -0.118. The summed E-state index contributed by atoms with van der Waals surface area (Å²) in [5.74, 6) is 1.82. The normalized spacial score (nSPS) is 11.8. The highest BCUT2D eigenvalue weighted by Crippen LogP contribution is 2.06. The molecule has 0 aromatic carbocycles. The van der Waals surface area contributed by atoms with Crippen molar-refractivity contribution in [3.8, 4) is 0 Å². The quantitative estimate of drug-likeness (QED) is 0.602. The molecule has 0 aromatic heterocycles. The predicted molar refractivity (Wildman–Crippen MR) is 70.6 cm³/mol. The molecule has 0 amide bonds. The zero-order valence-electron chi connectivity index (χ0n) is 11.8. The molecule has 0 aliphatic carbocycles. The highest BCUT2D eigenvalue weighted by atomic mass is 16.1. The molecule has 0 unspecified atom stereocenters. The average molecular weight is 227 g/mol. The fourth-order valence-corrected chi connectivity index (χ4v) is 1.97. The van der Waals surface area contributed by atoms with E-state index in [4.69, 9.17) is 0 Å². The van der Waals surface area contributed by atoms with Gasteiger partial charge in [0.05, 0.1) is 0 Å². The second kappa shape index (κ2) is 8.74. The molecular weight excluding hydrogens is 198 g/mol. The summed E-state index contributed by atoms with van der Waals surface area (Å²) in [6.07, 6.45) is 2.46. The third-order valence-corrected chi connectivity index (χ3v) is 2.57. The van der Waals surface area contributed by atoms with Crippen LogP contribution in [0.1, 0.15) is 53.9 Å². The molecule has 0 aromatic rings. The van der Waals surface area contributed by atoms with Crippen LogP contribution in [-0.4, -0.2) is 30.3 Å². The molecule has 2 nitrogen and oxygen atoms in total. The van der Waals surface area contributed by atoms with Gasteiger partial charge in [0.15, 0.2) is 0 Å². The molecule has 0 saturated carbocycles. The Labute approximate surface area is 101 Å². The molecule has 0 spiro atoms. The van der Waals surface area contributed by atoms with Crippen molar-refractivity contribution in [1.82, 2.24) is 4.90 Å². The van der Waals surface area contributed by atoms with Crippen molar-refractivity contribution in [2.24, 2.45) is 11.8 Å². The Morgan fingerprint density at radius 2 is 1.56 bits per heavy atom. The summed E-state index contributed by atoms with van der Waals surface area (Å²) in [4.78, 5) is 13.7. The fourth-order valence-electron chi connectivity index (χ4n) is 1.97. The van der Waals surface area contributed by atoms with Crippen molar-refractivity contribution >= 4 is 5.78 Å². The van der Waals surface area contributed by atoms with Crippen LogP contribution in [0, 0.1) is 11.8 Å². The first-order chi connectivity index (χ1) is 7.45. The van der Waals surface area contributed by atoms with Gasteiger partial charge in [0, 0.05) is 25.9 Å². The smallest absolute Gasteiger partial charge is 0.132 e. The van der Waals surface area contributed by atoms with Gasteiger partial charge in [0.25, 0.3) is 0 Å². The monoisotopic (exact) mass is 227 g/mol. The molecule has 0 radical (unpaired) electrons. The molecule has 0 aliphatic heterocycles. The Kier molecular flexibility index (Phi) is 8.54. The van der Waals surface area contributed by atoms with E-state index in [1.165, 1.54) is 0 Å². The summed E-state index contributed by atoms with van der Waals surface area (Å²) < 4.78 is 0. The van der Waals surface area contributed by atoms with Crippen LogP contribution < -0.4 is 0 Å². The van der Waals surface area contributed by atoms with Crippen LogP contribution >= 0.6 is 0 Å². The Morgan fingerprint density at radius 3 is 1.94 bits per heavy atom. The number of carbonyl (C=O) groups is 1. The molecular formula is C14H29NO. The summed E-state index contributed by atoms with van der Waals surface area (Å²) in [5.41, 5.74) is 0. The number of ketones is 1. The summed E-state index contributed by atoms with van der Waals surface area (Å²) >= 11 is 0. The van der Waals surface area contributed by atoms with Crippen LogP contribution in [-0.2, 0) is 4.79 Å². The Morgan fingerprint density at radius 1 is 1.06 bits per heavy atom. The minimum atomic E-state index is 0.397. The largest absolute Gasteiger partial charge is 0.303 e. The first-order valence-electron chi connectivity index (χ1n) is 6.69. The van der Waals surface area contributed by atoms with Gasteiger partial charge in [-0.05, 0) is 24.8 Å². The Hall–Kier alpha value is -0.370. The van der Waals surface area contributed by atoms with Crippen LogP contribution in [0.2, 0.25) is 0 Å². The zero-order valence-corrected chi connectivity index (χ0v) is 11.8. The van der Waals surface area contributed by atoms with E-state index in [1.807, 2.05) is 6.92 Å². The van der Waals surface area contributed by atoms with E-state index in [9.17, 15) is 4.79 Å². The van der Waals surface area contributed by atoms with E-state index >= 15 is 0 Å². The SMILES string of the molecule is CCC(=O)CCCN(CC(C)C)CC(C)C. The number of rotatable bonds is 9. The Balaban J connectivity index is 3.86. The van der Waals surface area contributed by atoms with Crippen molar-refractivity contribution in [1.29, 1.82) is 0 Å². The molecule has 16 heavy (non-hydrogen) atoms. The molecule has 0 fully saturated rings. The fraction of sp³-hybridized carbons (Fsp3) is 0.929. The number of nitrogens with zero attached hydrogens (tertiary/aromatic N) is 1. The molecule has 0 N–H and O–H groups in total. The second-order valence-corrected chi connectivity index (χ2v) is 5.54. The Bertz CT molecular complexity index is 177. The van der Waals surface area contributed by atoms with Gasteiger partial charge in [-0.3, -0.25) is 4.79 Å². The number of hydrogen-bond donors (Lipinski definition) is 0. The van der Waals surface area contributed by atoms with Crippen molar-refractivity contribution in [3.05, 3.63) is 0 Å². The predicted octanol–water partition coefficient (Wildman–Crippen LogP) is 3.36. The van der Waals surface area contributed by atoms with Gasteiger partial charge >= 0.3 is 0 Å². The topological polar surface area (TPSA) is 20.3 Å². The van der Waals surface area contributed by atoms with Crippen molar-refractivity contribution < 1.29 is 4.79 Å². The molecule has 0 rings (SSSR count). The van der Waals surface area contributed by atoms with Crippen molar-refractivity contribution in [3.63, 3.8) is 0 Å². The minimum absolute atomic E-state index is 0.397. The summed E-state index contributed by atoms with van der Waals surface area (Å²) in [7, 11) is 0. The summed E-state index contributed by atoms with van der Waals surface area (Å²) in [6.45, 7) is 14.3. The van der Waals surface area contributed by atoms with Gasteiger partial charge in [-0.1, -0.05) is 34.6 Å². The average Bonchev–Trinajstić information content (AvgIpc) is 2.15. The highest BCUT2D eigenvalue weighted by Gasteiger charge is 2.09. The molecule has 0 bridgehead atoms. The van der Waals surface area contributed by atoms with Crippen molar-refractivity contribution in [2.75, 3.05) is 19.6 Å². The van der Waals surface area contributed by atoms with E-state index in [1.54, 1.807) is 0 Å². The molecule has 96 valence electrons. The van der Waals surface area contributed by atoms with Gasteiger partial charge < -0.3 is 4.90 Å². The molecule has 0 atom stereocenters. The lowest BCUT2D eigenvalue weighted by Gasteiger charge is -2.25. The van der Waals surface area contributed by atoms with Crippen LogP contribution in [0.15, 0.2) is 0 Å². The lowest BCUT2D eigenvalue weighted by atomic mass is 10.1. The minimum Gasteiger partial charge on any atom is -0.303 e. The van der Waals surface area contributed by atoms with Gasteiger partial charge in [0.1, 0.15) is 5.78 Å². The molecule has 2 heteroatoms. The van der Waals surface area contributed by atoms with Gasteiger partial charge in [-0.25, -0.2) is 0 Å². The first-order valence-corrected chi connectivity index (χ1v) is 6.69. The van der Waals surface area contributed by atoms with Crippen LogP contribution in [0.25, 0.3) is 0 Å².